The van der Waals surface area contributed by atoms with Crippen molar-refractivity contribution in [1.29, 1.82) is 0 Å². The maximum absolute atomic E-state index is 11.8. The van der Waals surface area contributed by atoms with E-state index in [4.69, 9.17) is 12.2 Å². The Morgan fingerprint density at radius 1 is 1.29 bits per heavy atom. The molecule has 0 fully saturated rings. The molecule has 0 radical (unpaired) electrons. The zero-order valence-electron chi connectivity index (χ0n) is 11.4. The first-order valence-corrected chi connectivity index (χ1v) is 7.10. The van der Waals surface area contributed by atoms with Crippen molar-refractivity contribution in [1.82, 2.24) is 21.5 Å². The minimum atomic E-state index is -0.448. The Bertz CT molecular complexity index is 545. The maximum atomic E-state index is 11.8. The largest absolute Gasteiger partial charge is 0.860 e. The summed E-state index contributed by atoms with van der Waals surface area (Å²) in [5, 5.41) is 17.4. The average molecular weight is 305 g/mol. The fourth-order valence-electron chi connectivity index (χ4n) is 1.92. The summed E-state index contributed by atoms with van der Waals surface area (Å²) in [5.41, 5.74) is 6.32. The molecule has 0 atom stereocenters. The molecule has 0 aromatic heterocycles. The Balaban J connectivity index is 1.75. The van der Waals surface area contributed by atoms with Crippen molar-refractivity contribution in [2.75, 3.05) is 6.54 Å². The van der Waals surface area contributed by atoms with E-state index in [0.29, 0.717) is 24.6 Å². The lowest BCUT2D eigenvalue weighted by Gasteiger charge is -2.25. The van der Waals surface area contributed by atoms with Crippen LogP contribution < -0.4 is 26.6 Å². The number of amides is 1. The number of thiocarbonyl (C=S) groups is 1. The minimum absolute atomic E-state index is 0.222. The minimum Gasteiger partial charge on any atom is -0.860 e. The van der Waals surface area contributed by atoms with Crippen LogP contribution in [0, 0.1) is 0 Å². The molecule has 2 rings (SSSR count). The zero-order valence-corrected chi connectivity index (χ0v) is 12.3. The van der Waals surface area contributed by atoms with E-state index in [1.54, 1.807) is 0 Å². The molecular formula is C14H17N4O2S-. The highest BCUT2D eigenvalue weighted by Gasteiger charge is 2.13. The summed E-state index contributed by atoms with van der Waals surface area (Å²) in [4.78, 5) is 11.8. The van der Waals surface area contributed by atoms with E-state index in [1.165, 1.54) is 0 Å². The van der Waals surface area contributed by atoms with Crippen LogP contribution in [0.5, 0.6) is 0 Å². The highest BCUT2D eigenvalue weighted by Crippen LogP contribution is 2.10. The van der Waals surface area contributed by atoms with E-state index in [-0.39, 0.29) is 11.5 Å². The molecule has 0 saturated carbocycles. The summed E-state index contributed by atoms with van der Waals surface area (Å²) in [7, 11) is 0. The average Bonchev–Trinajstić information content (AvgIpc) is 2.52. The molecule has 4 N–H and O–H groups in total. The van der Waals surface area contributed by atoms with E-state index in [0.717, 1.165) is 12.0 Å². The summed E-state index contributed by atoms with van der Waals surface area (Å²) in [6, 6.07) is 9.75. The van der Waals surface area contributed by atoms with Gasteiger partial charge in [-0.1, -0.05) is 30.3 Å². The number of hydrazine groups is 1. The summed E-state index contributed by atoms with van der Waals surface area (Å²) in [6.45, 7) is 1.17. The van der Waals surface area contributed by atoms with Crippen LogP contribution in [0.4, 0.5) is 0 Å². The van der Waals surface area contributed by atoms with E-state index in [2.05, 4.69) is 21.5 Å². The van der Waals surface area contributed by atoms with Gasteiger partial charge in [-0.05, 0) is 36.5 Å². The number of benzene rings is 1. The molecule has 1 aromatic carbocycles. The Labute approximate surface area is 128 Å². The van der Waals surface area contributed by atoms with Gasteiger partial charge in [-0.3, -0.25) is 15.6 Å². The zero-order chi connectivity index (χ0) is 15.1. The smallest absolute Gasteiger partial charge is 0.266 e. The molecule has 1 aliphatic heterocycles. The van der Waals surface area contributed by atoms with Crippen molar-refractivity contribution < 1.29 is 9.90 Å². The maximum Gasteiger partial charge on any atom is 0.266 e. The van der Waals surface area contributed by atoms with Gasteiger partial charge in [0.25, 0.3) is 5.91 Å². The lowest BCUT2D eigenvalue weighted by molar-refractivity contribution is -0.314. The van der Waals surface area contributed by atoms with Crippen LogP contribution in [0.15, 0.2) is 41.8 Å². The molecule has 21 heavy (non-hydrogen) atoms. The first-order chi connectivity index (χ1) is 10.2. The van der Waals surface area contributed by atoms with Crippen molar-refractivity contribution in [3.8, 4) is 0 Å². The first kappa shape index (κ1) is 15.1. The van der Waals surface area contributed by atoms with Gasteiger partial charge in [0.15, 0.2) is 5.11 Å². The number of hydrogen-bond donors (Lipinski definition) is 4. The second kappa shape index (κ2) is 7.49. The van der Waals surface area contributed by atoms with Crippen LogP contribution in [0.2, 0.25) is 0 Å². The quantitative estimate of drug-likeness (QED) is 0.450. The molecule has 0 bridgehead atoms. The normalized spacial score (nSPS) is 14.1. The second-order valence-corrected chi connectivity index (χ2v) is 4.99. The van der Waals surface area contributed by atoms with Gasteiger partial charge in [0.1, 0.15) is 0 Å². The molecule has 6 nitrogen and oxygen atoms in total. The lowest BCUT2D eigenvalue weighted by Crippen LogP contribution is -2.48. The molecule has 0 aliphatic carbocycles. The predicted octanol–water partition coefficient (Wildman–Crippen LogP) is -0.363. The highest BCUT2D eigenvalue weighted by molar-refractivity contribution is 7.80. The van der Waals surface area contributed by atoms with Crippen LogP contribution in [0.25, 0.3) is 0 Å². The predicted molar refractivity (Wildman–Crippen MR) is 81.4 cm³/mol. The Kier molecular flexibility index (Phi) is 5.39. The Morgan fingerprint density at radius 3 is 2.76 bits per heavy atom. The van der Waals surface area contributed by atoms with Crippen LogP contribution in [0.3, 0.4) is 0 Å². The Hall–Kier alpha value is -2.28. The van der Waals surface area contributed by atoms with Crippen molar-refractivity contribution in [2.45, 2.75) is 19.4 Å². The number of hydrogen-bond acceptors (Lipinski definition) is 4. The van der Waals surface area contributed by atoms with Crippen molar-refractivity contribution in [2.24, 2.45) is 0 Å². The van der Waals surface area contributed by atoms with Gasteiger partial charge in [0.05, 0.1) is 0 Å². The number of carbonyl (C=O) groups is 1. The topological polar surface area (TPSA) is 88.2 Å². The SMILES string of the molecule is O=C(NNC(=S)NCc1ccccc1)C1=C([O-])NCCC1. The van der Waals surface area contributed by atoms with E-state index >= 15 is 0 Å². The monoisotopic (exact) mass is 305 g/mol. The van der Waals surface area contributed by atoms with Crippen molar-refractivity contribution in [3.63, 3.8) is 0 Å². The van der Waals surface area contributed by atoms with Crippen LogP contribution in [-0.4, -0.2) is 17.6 Å². The highest BCUT2D eigenvalue weighted by atomic mass is 32.1. The second-order valence-electron chi connectivity index (χ2n) is 4.59. The van der Waals surface area contributed by atoms with Gasteiger partial charge < -0.3 is 15.7 Å². The van der Waals surface area contributed by atoms with Gasteiger partial charge in [-0.2, -0.15) is 0 Å². The third-order valence-electron chi connectivity index (χ3n) is 3.02. The van der Waals surface area contributed by atoms with Gasteiger partial charge in [-0.15, -0.1) is 0 Å². The van der Waals surface area contributed by atoms with Gasteiger partial charge in [0, 0.05) is 18.7 Å². The molecule has 0 spiro atoms. The van der Waals surface area contributed by atoms with Gasteiger partial charge in [0.2, 0.25) is 0 Å². The Morgan fingerprint density at radius 2 is 2.05 bits per heavy atom. The lowest BCUT2D eigenvalue weighted by atomic mass is 10.1. The summed E-state index contributed by atoms with van der Waals surface area (Å²) in [5.74, 6) is -0.764. The van der Waals surface area contributed by atoms with E-state index < -0.39 is 5.91 Å². The van der Waals surface area contributed by atoms with Crippen LogP contribution >= 0.6 is 12.2 Å². The van der Waals surface area contributed by atoms with E-state index in [1.807, 2.05) is 30.3 Å². The fourth-order valence-corrected chi connectivity index (χ4v) is 2.04. The van der Waals surface area contributed by atoms with Crippen LogP contribution in [0.1, 0.15) is 18.4 Å². The van der Waals surface area contributed by atoms with Gasteiger partial charge in [-0.25, -0.2) is 0 Å². The van der Waals surface area contributed by atoms with E-state index in [9.17, 15) is 9.90 Å². The number of rotatable bonds is 3. The van der Waals surface area contributed by atoms with Crippen molar-refractivity contribution in [3.05, 3.63) is 47.4 Å². The first-order valence-electron chi connectivity index (χ1n) is 6.69. The standard InChI is InChI=1S/C14H18N4O2S/c19-12-11(7-4-8-15-12)13(20)17-18-14(21)16-9-10-5-2-1-3-6-10/h1-3,5-6,15,19H,4,7-9H2,(H,17,20)(H2,16,18,21)/p-1. The fraction of sp³-hybridized carbons (Fsp3) is 0.286. The van der Waals surface area contributed by atoms with Crippen LogP contribution in [-0.2, 0) is 11.3 Å². The summed E-state index contributed by atoms with van der Waals surface area (Å²) >= 11 is 5.06. The van der Waals surface area contributed by atoms with Crippen molar-refractivity contribution >= 4 is 23.2 Å². The molecule has 1 aromatic rings. The molecular weight excluding hydrogens is 288 g/mol. The molecule has 1 heterocycles. The molecule has 112 valence electrons. The summed E-state index contributed by atoms with van der Waals surface area (Å²) in [6.07, 6.45) is 1.24. The number of carbonyl (C=O) groups excluding carboxylic acids is 1. The molecule has 1 amide bonds. The third-order valence-corrected chi connectivity index (χ3v) is 3.27. The van der Waals surface area contributed by atoms with Gasteiger partial charge >= 0.3 is 0 Å². The molecule has 7 heteroatoms. The molecule has 0 saturated heterocycles. The number of nitrogens with one attached hydrogen (secondary N) is 4. The summed E-state index contributed by atoms with van der Waals surface area (Å²) < 4.78 is 0. The molecule has 1 aliphatic rings. The molecule has 0 unspecified atom stereocenters. The third kappa shape index (κ3) is 4.64.